The molecule has 2 aliphatic rings. The van der Waals surface area contributed by atoms with Crippen molar-refractivity contribution in [2.75, 3.05) is 0 Å². The maximum atomic E-state index is 6.16. The normalized spacial score (nSPS) is 28.2. The molecule has 1 nitrogen and oxygen atoms in total. The minimum absolute atomic E-state index is 0.329. The molecule has 2 saturated carbocycles. The number of rotatable bonds is 11. The predicted molar refractivity (Wildman–Crippen MR) is 130 cm³/mol. The summed E-state index contributed by atoms with van der Waals surface area (Å²) >= 11 is 0. The van der Waals surface area contributed by atoms with Gasteiger partial charge in [-0.05, 0) is 99.7 Å². The Labute approximate surface area is 187 Å². The molecule has 0 spiro atoms. The summed E-state index contributed by atoms with van der Waals surface area (Å²) in [4.78, 5) is 0. The van der Waals surface area contributed by atoms with Crippen LogP contribution in [0.5, 0.6) is 5.75 Å². The summed E-state index contributed by atoms with van der Waals surface area (Å²) in [5, 5.41) is 0. The maximum Gasteiger partial charge on any atom is 0.119 e. The minimum atomic E-state index is 0.329. The van der Waals surface area contributed by atoms with E-state index in [0.29, 0.717) is 6.10 Å². The molecular weight excluding hydrogens is 364 g/mol. The van der Waals surface area contributed by atoms with Gasteiger partial charge < -0.3 is 4.74 Å². The first kappa shape index (κ1) is 23.7. The van der Waals surface area contributed by atoms with E-state index in [1.165, 1.54) is 96.3 Å². The lowest BCUT2D eigenvalue weighted by atomic mass is 9.68. The first-order valence-electron chi connectivity index (χ1n) is 13.5. The number of unbranched alkanes of at least 4 members (excludes halogenated alkanes) is 3. The molecule has 1 aromatic carbocycles. The Bertz CT molecular complexity index is 561. The molecule has 0 radical (unpaired) electrons. The van der Waals surface area contributed by atoms with E-state index in [2.05, 4.69) is 45.0 Å². The second-order valence-corrected chi connectivity index (χ2v) is 10.5. The van der Waals surface area contributed by atoms with Crippen molar-refractivity contribution in [3.8, 4) is 5.75 Å². The largest absolute Gasteiger partial charge is 0.491 e. The van der Waals surface area contributed by atoms with Crippen LogP contribution in [0.4, 0.5) is 0 Å². The Kier molecular flexibility index (Phi) is 10.1. The molecule has 2 aliphatic carbocycles. The van der Waals surface area contributed by atoms with Crippen molar-refractivity contribution < 1.29 is 4.74 Å². The summed E-state index contributed by atoms with van der Waals surface area (Å²) in [5.74, 6) is 4.92. The number of ether oxygens (including phenoxy) is 1. The highest BCUT2D eigenvalue weighted by atomic mass is 16.5. The first-order valence-corrected chi connectivity index (χ1v) is 13.5. The zero-order valence-electron chi connectivity index (χ0n) is 20.2. The molecule has 0 bridgehead atoms. The summed E-state index contributed by atoms with van der Waals surface area (Å²) in [6.07, 6.45) is 21.4. The van der Waals surface area contributed by atoms with Crippen LogP contribution in [0.2, 0.25) is 0 Å². The third-order valence-corrected chi connectivity index (χ3v) is 8.18. The molecule has 170 valence electrons. The second-order valence-electron chi connectivity index (χ2n) is 10.5. The average Bonchev–Trinajstić information content (AvgIpc) is 2.78. The smallest absolute Gasteiger partial charge is 0.119 e. The lowest BCUT2D eigenvalue weighted by molar-refractivity contribution is 0.156. The van der Waals surface area contributed by atoms with Crippen LogP contribution >= 0.6 is 0 Å². The van der Waals surface area contributed by atoms with Gasteiger partial charge in [-0.3, -0.25) is 0 Å². The van der Waals surface area contributed by atoms with Crippen LogP contribution in [0, 0.1) is 17.8 Å². The molecule has 30 heavy (non-hydrogen) atoms. The van der Waals surface area contributed by atoms with Crippen LogP contribution in [0.1, 0.15) is 129 Å². The van der Waals surface area contributed by atoms with Gasteiger partial charge in [0.15, 0.2) is 0 Å². The van der Waals surface area contributed by atoms with Crippen molar-refractivity contribution >= 4 is 0 Å². The lowest BCUT2D eigenvalue weighted by Gasteiger charge is -2.38. The van der Waals surface area contributed by atoms with Crippen LogP contribution in [0.25, 0.3) is 0 Å². The minimum Gasteiger partial charge on any atom is -0.491 e. The van der Waals surface area contributed by atoms with E-state index >= 15 is 0 Å². The Morgan fingerprint density at radius 2 is 1.40 bits per heavy atom. The van der Waals surface area contributed by atoms with Gasteiger partial charge in [-0.1, -0.05) is 70.9 Å². The average molecular weight is 413 g/mol. The molecule has 0 amide bonds. The molecule has 0 aliphatic heterocycles. The molecule has 2 fully saturated rings. The number of benzene rings is 1. The summed E-state index contributed by atoms with van der Waals surface area (Å²) in [6.45, 7) is 6.84. The summed E-state index contributed by atoms with van der Waals surface area (Å²) < 4.78 is 6.16. The highest BCUT2D eigenvalue weighted by Gasteiger charge is 2.31. The summed E-state index contributed by atoms with van der Waals surface area (Å²) in [7, 11) is 0. The Morgan fingerprint density at radius 3 is 2.00 bits per heavy atom. The van der Waals surface area contributed by atoms with Crippen LogP contribution in [-0.2, 0) is 0 Å². The molecule has 1 unspecified atom stereocenters. The molecular formula is C29H48O. The molecule has 1 aromatic rings. The molecule has 0 heterocycles. The highest BCUT2D eigenvalue weighted by Crippen LogP contribution is 2.44. The third kappa shape index (κ3) is 7.31. The van der Waals surface area contributed by atoms with Gasteiger partial charge in [0.25, 0.3) is 0 Å². The molecule has 0 saturated heterocycles. The van der Waals surface area contributed by atoms with Crippen molar-refractivity contribution in [2.24, 2.45) is 17.8 Å². The van der Waals surface area contributed by atoms with Crippen molar-refractivity contribution in [3.63, 3.8) is 0 Å². The van der Waals surface area contributed by atoms with Gasteiger partial charge in [-0.15, -0.1) is 0 Å². The molecule has 0 N–H and O–H groups in total. The second kappa shape index (κ2) is 12.8. The first-order chi connectivity index (χ1) is 14.7. The van der Waals surface area contributed by atoms with Crippen molar-refractivity contribution in [1.29, 1.82) is 0 Å². The van der Waals surface area contributed by atoms with Gasteiger partial charge in [0, 0.05) is 0 Å². The number of hydrogen-bond donors (Lipinski definition) is 0. The molecule has 3 rings (SSSR count). The maximum absolute atomic E-state index is 6.16. The van der Waals surface area contributed by atoms with Crippen molar-refractivity contribution in [3.05, 3.63) is 29.8 Å². The predicted octanol–water partition coefficient (Wildman–Crippen LogP) is 9.30. The molecule has 1 heteroatoms. The van der Waals surface area contributed by atoms with Crippen LogP contribution in [0.15, 0.2) is 24.3 Å². The van der Waals surface area contributed by atoms with E-state index in [1.807, 2.05) is 0 Å². The van der Waals surface area contributed by atoms with Gasteiger partial charge in [0.05, 0.1) is 6.10 Å². The van der Waals surface area contributed by atoms with Crippen LogP contribution in [-0.4, -0.2) is 6.10 Å². The fraction of sp³-hybridized carbons (Fsp3) is 0.793. The monoisotopic (exact) mass is 412 g/mol. The van der Waals surface area contributed by atoms with Gasteiger partial charge in [-0.2, -0.15) is 0 Å². The van der Waals surface area contributed by atoms with Gasteiger partial charge >= 0.3 is 0 Å². The molecule has 1 atom stereocenters. The third-order valence-electron chi connectivity index (χ3n) is 8.18. The van der Waals surface area contributed by atoms with E-state index < -0.39 is 0 Å². The lowest BCUT2D eigenvalue weighted by Crippen LogP contribution is -2.25. The van der Waals surface area contributed by atoms with Crippen molar-refractivity contribution in [2.45, 2.75) is 129 Å². The topological polar surface area (TPSA) is 9.23 Å². The van der Waals surface area contributed by atoms with Gasteiger partial charge in [0.1, 0.15) is 5.75 Å². The summed E-state index contributed by atoms with van der Waals surface area (Å²) in [5.41, 5.74) is 1.54. The van der Waals surface area contributed by atoms with Gasteiger partial charge in [-0.25, -0.2) is 0 Å². The zero-order chi connectivity index (χ0) is 21.2. The Morgan fingerprint density at radius 1 is 0.767 bits per heavy atom. The summed E-state index contributed by atoms with van der Waals surface area (Å²) in [6, 6.07) is 9.14. The van der Waals surface area contributed by atoms with E-state index in [-0.39, 0.29) is 0 Å². The SMILES string of the molecule is CCCCCCC(C)Oc1ccc(C2CCC(C3CCC(CCC)CC3)CC2)cc1. The van der Waals surface area contributed by atoms with Crippen LogP contribution in [0.3, 0.4) is 0 Å². The van der Waals surface area contributed by atoms with E-state index in [1.54, 1.807) is 5.56 Å². The van der Waals surface area contributed by atoms with Crippen molar-refractivity contribution in [1.82, 2.24) is 0 Å². The van der Waals surface area contributed by atoms with Crippen LogP contribution < -0.4 is 4.74 Å². The van der Waals surface area contributed by atoms with E-state index in [9.17, 15) is 0 Å². The molecule has 0 aromatic heterocycles. The standard InChI is InChI=1S/C29H48O/c1-4-6-7-8-10-23(3)30-29-21-19-28(20-22-29)27-17-15-26(16-18-27)25-13-11-24(9-5-2)12-14-25/h19-27H,4-18H2,1-3H3. The fourth-order valence-corrected chi connectivity index (χ4v) is 6.25. The number of hydrogen-bond acceptors (Lipinski definition) is 1. The Hall–Kier alpha value is -0.980. The fourth-order valence-electron chi connectivity index (χ4n) is 6.25. The highest BCUT2D eigenvalue weighted by molar-refractivity contribution is 5.30. The quantitative estimate of drug-likeness (QED) is 0.329. The van der Waals surface area contributed by atoms with E-state index in [0.717, 1.165) is 29.4 Å². The van der Waals surface area contributed by atoms with E-state index in [4.69, 9.17) is 4.74 Å². The zero-order valence-corrected chi connectivity index (χ0v) is 20.2. The Balaban J connectivity index is 1.38. The van der Waals surface area contributed by atoms with Gasteiger partial charge in [0.2, 0.25) is 0 Å².